The second-order valence-electron chi connectivity index (χ2n) is 5.76. The van der Waals surface area contributed by atoms with E-state index in [0.717, 1.165) is 19.4 Å². The summed E-state index contributed by atoms with van der Waals surface area (Å²) in [4.78, 5) is 12.9. The van der Waals surface area contributed by atoms with Gasteiger partial charge in [-0.1, -0.05) is 24.3 Å². The fourth-order valence-electron chi connectivity index (χ4n) is 2.88. The molecule has 0 aromatic heterocycles. The fraction of sp³-hybridized carbons (Fsp3) is 0.562. The Balaban J connectivity index is 1.87. The average Bonchev–Trinajstić information content (AvgIpc) is 2.41. The largest absolute Gasteiger partial charge is 0.391 e. The van der Waals surface area contributed by atoms with Crippen molar-refractivity contribution >= 4 is 5.91 Å². The smallest absolute Gasteiger partial charge is 0.218 e. The van der Waals surface area contributed by atoms with Gasteiger partial charge < -0.3 is 15.7 Å². The summed E-state index contributed by atoms with van der Waals surface area (Å²) < 4.78 is 0. The van der Waals surface area contributed by atoms with Gasteiger partial charge in [-0.05, 0) is 43.4 Å². The highest BCUT2D eigenvalue weighted by Gasteiger charge is 2.27. The van der Waals surface area contributed by atoms with E-state index < -0.39 is 0 Å². The molecule has 1 aliphatic heterocycles. The third-order valence-corrected chi connectivity index (χ3v) is 4.22. The molecule has 2 rings (SSSR count). The Morgan fingerprint density at radius 2 is 2.20 bits per heavy atom. The van der Waals surface area contributed by atoms with E-state index in [4.69, 9.17) is 5.73 Å². The van der Waals surface area contributed by atoms with Crippen LogP contribution >= 0.6 is 0 Å². The zero-order valence-electron chi connectivity index (χ0n) is 12.1. The third kappa shape index (κ3) is 4.05. The van der Waals surface area contributed by atoms with Crippen molar-refractivity contribution in [3.63, 3.8) is 0 Å². The van der Waals surface area contributed by atoms with Crippen molar-refractivity contribution in [2.24, 2.45) is 11.7 Å². The van der Waals surface area contributed by atoms with E-state index in [2.05, 4.69) is 30.0 Å². The summed E-state index contributed by atoms with van der Waals surface area (Å²) in [6, 6.07) is 8.35. The Kier molecular flexibility index (Phi) is 5.15. The van der Waals surface area contributed by atoms with E-state index in [1.807, 2.05) is 6.07 Å². The SMILES string of the molecule is Cc1ccccc1C[C@H]1CCN(CCC(N)=O)C[C@@H]1O. The van der Waals surface area contributed by atoms with E-state index in [1.165, 1.54) is 11.1 Å². The monoisotopic (exact) mass is 276 g/mol. The average molecular weight is 276 g/mol. The molecule has 110 valence electrons. The van der Waals surface area contributed by atoms with Crippen LogP contribution in [-0.2, 0) is 11.2 Å². The number of aliphatic hydroxyl groups is 1. The lowest BCUT2D eigenvalue weighted by Gasteiger charge is -2.36. The van der Waals surface area contributed by atoms with Crippen LogP contribution in [0.4, 0.5) is 0 Å². The van der Waals surface area contributed by atoms with Gasteiger partial charge >= 0.3 is 0 Å². The maximum atomic E-state index is 10.8. The van der Waals surface area contributed by atoms with Crippen LogP contribution in [0.25, 0.3) is 0 Å². The zero-order chi connectivity index (χ0) is 14.5. The lowest BCUT2D eigenvalue weighted by molar-refractivity contribution is -0.118. The first-order valence-electron chi connectivity index (χ1n) is 7.29. The first kappa shape index (κ1) is 15.0. The Morgan fingerprint density at radius 3 is 2.85 bits per heavy atom. The minimum atomic E-state index is -0.323. The molecule has 0 bridgehead atoms. The summed E-state index contributed by atoms with van der Waals surface area (Å²) in [6.07, 6.45) is 1.94. The predicted octanol–water partition coefficient (Wildman–Crippen LogP) is 1.10. The number of piperidine rings is 1. The number of carbonyl (C=O) groups is 1. The number of benzene rings is 1. The molecule has 4 heteroatoms. The Labute approximate surface area is 120 Å². The summed E-state index contributed by atoms with van der Waals surface area (Å²) >= 11 is 0. The number of nitrogens with zero attached hydrogens (tertiary/aromatic N) is 1. The van der Waals surface area contributed by atoms with E-state index in [-0.39, 0.29) is 12.0 Å². The lowest BCUT2D eigenvalue weighted by Crippen LogP contribution is -2.45. The molecule has 2 atom stereocenters. The van der Waals surface area contributed by atoms with Crippen LogP contribution in [0.2, 0.25) is 0 Å². The summed E-state index contributed by atoms with van der Waals surface area (Å²) in [5, 5.41) is 10.3. The highest BCUT2D eigenvalue weighted by molar-refractivity contribution is 5.73. The molecule has 4 nitrogen and oxygen atoms in total. The second-order valence-corrected chi connectivity index (χ2v) is 5.76. The topological polar surface area (TPSA) is 66.6 Å². The zero-order valence-corrected chi connectivity index (χ0v) is 12.1. The summed E-state index contributed by atoms with van der Waals surface area (Å²) in [6.45, 7) is 4.35. The molecule has 1 saturated heterocycles. The molecule has 0 radical (unpaired) electrons. The number of likely N-dealkylation sites (tertiary alicyclic amines) is 1. The van der Waals surface area contributed by atoms with Gasteiger partial charge in [-0.2, -0.15) is 0 Å². The van der Waals surface area contributed by atoms with Crippen LogP contribution in [0.5, 0.6) is 0 Å². The molecule has 20 heavy (non-hydrogen) atoms. The second kappa shape index (κ2) is 6.86. The Hall–Kier alpha value is -1.39. The van der Waals surface area contributed by atoms with Gasteiger partial charge in [0.05, 0.1) is 6.10 Å². The number of aliphatic hydroxyl groups excluding tert-OH is 1. The highest BCUT2D eigenvalue weighted by Crippen LogP contribution is 2.23. The molecule has 1 aromatic rings. The van der Waals surface area contributed by atoms with E-state index in [1.54, 1.807) is 0 Å². The number of β-amino-alcohol motifs (C(OH)–C–C–N with tert-alkyl or cyclic N) is 1. The molecule has 0 saturated carbocycles. The maximum absolute atomic E-state index is 10.8. The molecule has 3 N–H and O–H groups in total. The van der Waals surface area contributed by atoms with Crippen molar-refractivity contribution in [3.8, 4) is 0 Å². The van der Waals surface area contributed by atoms with Gasteiger partial charge in [0, 0.05) is 19.5 Å². The van der Waals surface area contributed by atoms with Crippen molar-refractivity contribution in [1.82, 2.24) is 4.90 Å². The van der Waals surface area contributed by atoms with Crippen molar-refractivity contribution in [2.45, 2.75) is 32.3 Å². The number of primary amides is 1. The minimum Gasteiger partial charge on any atom is -0.391 e. The number of aryl methyl sites for hydroxylation is 1. The lowest BCUT2D eigenvalue weighted by atomic mass is 9.86. The van der Waals surface area contributed by atoms with Gasteiger partial charge in [0.15, 0.2) is 0 Å². The molecule has 1 heterocycles. The van der Waals surface area contributed by atoms with Crippen LogP contribution in [0.1, 0.15) is 24.0 Å². The number of rotatable bonds is 5. The maximum Gasteiger partial charge on any atom is 0.218 e. The number of nitrogens with two attached hydrogens (primary N) is 1. The van der Waals surface area contributed by atoms with Gasteiger partial charge in [0.25, 0.3) is 0 Å². The summed E-state index contributed by atoms with van der Waals surface area (Å²) in [5.41, 5.74) is 7.77. The van der Waals surface area contributed by atoms with Crippen molar-refractivity contribution in [2.75, 3.05) is 19.6 Å². The molecule has 1 amide bonds. The van der Waals surface area contributed by atoms with Gasteiger partial charge in [-0.25, -0.2) is 0 Å². The van der Waals surface area contributed by atoms with E-state index >= 15 is 0 Å². The van der Waals surface area contributed by atoms with Crippen LogP contribution in [-0.4, -0.2) is 41.7 Å². The van der Waals surface area contributed by atoms with Gasteiger partial charge in [0.1, 0.15) is 0 Å². The van der Waals surface area contributed by atoms with Crippen LogP contribution in [0, 0.1) is 12.8 Å². The minimum absolute atomic E-state index is 0.276. The summed E-state index contributed by atoms with van der Waals surface area (Å²) in [5.74, 6) is 0.0300. The normalized spacial score (nSPS) is 23.7. The molecule has 1 fully saturated rings. The molecular weight excluding hydrogens is 252 g/mol. The Morgan fingerprint density at radius 1 is 1.45 bits per heavy atom. The first-order chi connectivity index (χ1) is 9.56. The number of hydrogen-bond donors (Lipinski definition) is 2. The highest BCUT2D eigenvalue weighted by atomic mass is 16.3. The summed E-state index contributed by atoms with van der Waals surface area (Å²) in [7, 11) is 0. The number of carbonyl (C=O) groups excluding carboxylic acids is 1. The quantitative estimate of drug-likeness (QED) is 0.846. The van der Waals surface area contributed by atoms with Crippen molar-refractivity contribution < 1.29 is 9.90 Å². The Bertz CT molecular complexity index is 462. The van der Waals surface area contributed by atoms with Gasteiger partial charge in [-0.15, -0.1) is 0 Å². The molecule has 0 aliphatic carbocycles. The first-order valence-corrected chi connectivity index (χ1v) is 7.29. The van der Waals surface area contributed by atoms with Crippen LogP contribution in [0.3, 0.4) is 0 Å². The molecule has 1 aliphatic rings. The molecule has 0 unspecified atom stereocenters. The van der Waals surface area contributed by atoms with E-state index in [0.29, 0.717) is 25.4 Å². The van der Waals surface area contributed by atoms with Gasteiger partial charge in [0.2, 0.25) is 5.91 Å². The molecule has 1 aromatic carbocycles. The van der Waals surface area contributed by atoms with Crippen LogP contribution < -0.4 is 5.73 Å². The third-order valence-electron chi connectivity index (χ3n) is 4.22. The fourth-order valence-corrected chi connectivity index (χ4v) is 2.88. The predicted molar refractivity (Wildman–Crippen MR) is 79.2 cm³/mol. The van der Waals surface area contributed by atoms with E-state index in [9.17, 15) is 9.90 Å². The van der Waals surface area contributed by atoms with Crippen molar-refractivity contribution in [3.05, 3.63) is 35.4 Å². The number of hydrogen-bond acceptors (Lipinski definition) is 3. The van der Waals surface area contributed by atoms with Crippen LogP contribution in [0.15, 0.2) is 24.3 Å². The standard InChI is InChI=1S/C16H24N2O2/c1-12-4-2-3-5-13(12)10-14-6-8-18(11-15(14)19)9-7-16(17)20/h2-5,14-15,19H,6-11H2,1H3,(H2,17,20)/t14-,15+/m1/s1. The number of amides is 1. The van der Waals surface area contributed by atoms with Gasteiger partial charge in [-0.3, -0.25) is 4.79 Å². The van der Waals surface area contributed by atoms with Crippen molar-refractivity contribution in [1.29, 1.82) is 0 Å². The molecular formula is C16H24N2O2. The molecule has 0 spiro atoms.